The predicted octanol–water partition coefficient (Wildman–Crippen LogP) is 1.51. The summed E-state index contributed by atoms with van der Waals surface area (Å²) in [6.07, 6.45) is 5.64. The Hall–Kier alpha value is -0.650. The third kappa shape index (κ3) is 6.76. The number of carbonyl (C=O) groups is 1. The number of likely N-dealkylation sites (N-methyl/N-ethyl adjacent to an activating group) is 1. The Morgan fingerprint density at radius 1 is 1.48 bits per heavy atom. The first kappa shape index (κ1) is 18.4. The number of nitrogens with two attached hydrogens (primary N) is 1. The second-order valence-corrected chi connectivity index (χ2v) is 6.85. The van der Waals surface area contributed by atoms with Crippen molar-refractivity contribution in [2.24, 2.45) is 5.73 Å². The van der Waals surface area contributed by atoms with Gasteiger partial charge >= 0.3 is 0 Å². The molecule has 3 N–H and O–H groups in total. The van der Waals surface area contributed by atoms with Crippen molar-refractivity contribution in [1.29, 1.82) is 0 Å². The van der Waals surface area contributed by atoms with Crippen molar-refractivity contribution in [3.63, 3.8) is 0 Å². The minimum atomic E-state index is -0.596. The molecular weight excluding hydrogens is 266 g/mol. The van der Waals surface area contributed by atoms with E-state index in [-0.39, 0.29) is 11.9 Å². The van der Waals surface area contributed by atoms with Crippen LogP contribution in [0.25, 0.3) is 0 Å². The van der Waals surface area contributed by atoms with Gasteiger partial charge in [0.2, 0.25) is 5.91 Å². The van der Waals surface area contributed by atoms with Gasteiger partial charge in [-0.1, -0.05) is 0 Å². The van der Waals surface area contributed by atoms with Crippen LogP contribution < -0.4 is 11.1 Å². The summed E-state index contributed by atoms with van der Waals surface area (Å²) < 4.78 is 5.65. The molecule has 1 heterocycles. The number of hydrogen-bond donors (Lipinski definition) is 2. The molecule has 0 bridgehead atoms. The number of amides is 1. The molecule has 0 spiro atoms. The van der Waals surface area contributed by atoms with Crippen LogP contribution in [0, 0.1) is 0 Å². The number of nitrogens with zero attached hydrogens (tertiary/aromatic N) is 1. The van der Waals surface area contributed by atoms with Gasteiger partial charge in [0.05, 0.1) is 11.6 Å². The van der Waals surface area contributed by atoms with Crippen LogP contribution in [0.5, 0.6) is 0 Å². The van der Waals surface area contributed by atoms with Crippen molar-refractivity contribution in [2.75, 3.05) is 26.7 Å². The quantitative estimate of drug-likeness (QED) is 0.600. The van der Waals surface area contributed by atoms with Crippen molar-refractivity contribution in [2.45, 2.75) is 70.6 Å². The molecule has 124 valence electrons. The van der Waals surface area contributed by atoms with Crippen molar-refractivity contribution in [3.05, 3.63) is 0 Å². The molecule has 2 unspecified atom stereocenters. The number of unbranched alkanes of at least 4 members (excludes halogenated alkanes) is 1. The van der Waals surface area contributed by atoms with Crippen LogP contribution in [0.4, 0.5) is 0 Å². The molecule has 0 aromatic carbocycles. The molecule has 1 aliphatic rings. The molecular formula is C16H33N3O2. The lowest BCUT2D eigenvalue weighted by atomic mass is 9.93. The van der Waals surface area contributed by atoms with E-state index in [9.17, 15) is 4.79 Å². The fourth-order valence-electron chi connectivity index (χ4n) is 2.99. The number of nitrogens with one attached hydrogen (secondary N) is 1. The van der Waals surface area contributed by atoms with E-state index in [2.05, 4.69) is 17.3 Å². The lowest BCUT2D eigenvalue weighted by Crippen LogP contribution is -2.55. The molecule has 5 heteroatoms. The largest absolute Gasteiger partial charge is 0.377 e. The van der Waals surface area contributed by atoms with E-state index in [0.29, 0.717) is 6.10 Å². The average Bonchev–Trinajstić information content (AvgIpc) is 2.86. The number of carbonyl (C=O) groups excluding carboxylic acids is 1. The third-order valence-electron chi connectivity index (χ3n) is 4.16. The van der Waals surface area contributed by atoms with Crippen LogP contribution in [0.1, 0.15) is 52.9 Å². The molecule has 0 aromatic heterocycles. The fraction of sp³-hybridized carbons (Fsp3) is 0.938. The first-order valence-corrected chi connectivity index (χ1v) is 8.21. The second-order valence-electron chi connectivity index (χ2n) is 6.85. The van der Waals surface area contributed by atoms with E-state index in [4.69, 9.17) is 10.5 Å². The average molecular weight is 299 g/mol. The Morgan fingerprint density at radius 2 is 2.19 bits per heavy atom. The summed E-state index contributed by atoms with van der Waals surface area (Å²) in [4.78, 5) is 14.0. The number of primary amides is 1. The summed E-state index contributed by atoms with van der Waals surface area (Å²) in [6.45, 7) is 8.95. The summed E-state index contributed by atoms with van der Waals surface area (Å²) in [5, 5.41) is 3.29. The van der Waals surface area contributed by atoms with Gasteiger partial charge in [0.1, 0.15) is 0 Å². The first-order valence-electron chi connectivity index (χ1n) is 8.21. The van der Waals surface area contributed by atoms with E-state index in [1.807, 2.05) is 20.8 Å². The Balaban J connectivity index is 2.22. The van der Waals surface area contributed by atoms with Crippen molar-refractivity contribution < 1.29 is 9.53 Å². The Morgan fingerprint density at radius 3 is 2.71 bits per heavy atom. The lowest BCUT2D eigenvalue weighted by molar-refractivity contribution is -0.124. The molecule has 1 rings (SSSR count). The topological polar surface area (TPSA) is 67.6 Å². The summed E-state index contributed by atoms with van der Waals surface area (Å²) in [7, 11) is 2.14. The van der Waals surface area contributed by atoms with Crippen LogP contribution in [0.3, 0.4) is 0 Å². The second kappa shape index (κ2) is 8.71. The Labute approximate surface area is 129 Å². The highest BCUT2D eigenvalue weighted by molar-refractivity contribution is 5.84. The summed E-state index contributed by atoms with van der Waals surface area (Å²) in [6, 6.07) is 0.254. The summed E-state index contributed by atoms with van der Waals surface area (Å²) in [5.41, 5.74) is 4.95. The molecule has 0 radical (unpaired) electrons. The molecule has 5 nitrogen and oxygen atoms in total. The van der Waals surface area contributed by atoms with Gasteiger partial charge in [-0.25, -0.2) is 0 Å². The molecule has 1 amide bonds. The molecule has 0 aromatic rings. The highest BCUT2D eigenvalue weighted by Crippen LogP contribution is 2.16. The summed E-state index contributed by atoms with van der Waals surface area (Å²) >= 11 is 0. The lowest BCUT2D eigenvalue weighted by Gasteiger charge is -2.30. The monoisotopic (exact) mass is 299 g/mol. The maximum absolute atomic E-state index is 11.6. The molecule has 21 heavy (non-hydrogen) atoms. The van der Waals surface area contributed by atoms with Gasteiger partial charge < -0.3 is 20.7 Å². The first-order chi connectivity index (χ1) is 9.83. The van der Waals surface area contributed by atoms with Crippen molar-refractivity contribution in [1.82, 2.24) is 10.2 Å². The van der Waals surface area contributed by atoms with E-state index in [1.54, 1.807) is 0 Å². The Bertz CT molecular complexity index is 317. The minimum Gasteiger partial charge on any atom is -0.377 e. The van der Waals surface area contributed by atoms with Gasteiger partial charge in [-0.2, -0.15) is 0 Å². The SMILES string of the molecule is CC(C)NC(C)(CCCCN(C)CC1CCCO1)C(N)=O. The maximum atomic E-state index is 11.6. The van der Waals surface area contributed by atoms with Crippen LogP contribution in [0.2, 0.25) is 0 Å². The molecule has 1 aliphatic heterocycles. The minimum absolute atomic E-state index is 0.254. The van der Waals surface area contributed by atoms with Gasteiger partial charge in [-0.3, -0.25) is 4.79 Å². The van der Waals surface area contributed by atoms with Crippen LogP contribution in [-0.2, 0) is 9.53 Å². The van der Waals surface area contributed by atoms with Gasteiger partial charge in [0.15, 0.2) is 0 Å². The van der Waals surface area contributed by atoms with E-state index in [1.165, 1.54) is 12.8 Å². The van der Waals surface area contributed by atoms with E-state index in [0.717, 1.165) is 39.0 Å². The third-order valence-corrected chi connectivity index (χ3v) is 4.16. The maximum Gasteiger partial charge on any atom is 0.237 e. The highest BCUT2D eigenvalue weighted by atomic mass is 16.5. The van der Waals surface area contributed by atoms with Crippen molar-refractivity contribution in [3.8, 4) is 0 Å². The van der Waals surface area contributed by atoms with Gasteiger partial charge in [-0.15, -0.1) is 0 Å². The van der Waals surface area contributed by atoms with E-state index >= 15 is 0 Å². The highest BCUT2D eigenvalue weighted by Gasteiger charge is 2.30. The molecule has 0 saturated carbocycles. The van der Waals surface area contributed by atoms with Crippen LogP contribution in [-0.4, -0.2) is 55.2 Å². The fourth-order valence-corrected chi connectivity index (χ4v) is 2.99. The molecule has 0 aliphatic carbocycles. The van der Waals surface area contributed by atoms with Gasteiger partial charge in [0, 0.05) is 19.2 Å². The van der Waals surface area contributed by atoms with E-state index < -0.39 is 5.54 Å². The van der Waals surface area contributed by atoms with Crippen molar-refractivity contribution >= 4 is 5.91 Å². The Kier molecular flexibility index (Phi) is 7.63. The zero-order valence-electron chi connectivity index (χ0n) is 14.2. The number of hydrogen-bond acceptors (Lipinski definition) is 4. The molecule has 2 atom stereocenters. The number of rotatable bonds is 10. The van der Waals surface area contributed by atoms with Gasteiger partial charge in [0.25, 0.3) is 0 Å². The normalized spacial score (nSPS) is 21.9. The molecule has 1 fully saturated rings. The van der Waals surface area contributed by atoms with Crippen LogP contribution >= 0.6 is 0 Å². The standard InChI is InChI=1S/C16H33N3O2/c1-13(2)18-16(3,15(17)20)9-5-6-10-19(4)12-14-8-7-11-21-14/h13-14,18H,5-12H2,1-4H3,(H2,17,20). The zero-order chi connectivity index (χ0) is 15.9. The van der Waals surface area contributed by atoms with Gasteiger partial charge in [-0.05, 0) is 66.5 Å². The number of ether oxygens (including phenoxy) is 1. The molecule has 1 saturated heterocycles. The predicted molar refractivity (Wildman–Crippen MR) is 86.2 cm³/mol. The summed E-state index contributed by atoms with van der Waals surface area (Å²) in [5.74, 6) is -0.260. The zero-order valence-corrected chi connectivity index (χ0v) is 14.2. The smallest absolute Gasteiger partial charge is 0.237 e. The van der Waals surface area contributed by atoms with Crippen LogP contribution in [0.15, 0.2) is 0 Å².